The first-order chi connectivity index (χ1) is 15.6. The molecule has 1 N–H and O–H groups in total. The zero-order chi connectivity index (χ0) is 24.3. The quantitative estimate of drug-likeness (QED) is 0.249. The van der Waals surface area contributed by atoms with Gasteiger partial charge in [0.25, 0.3) is 11.7 Å². The first kappa shape index (κ1) is 24.6. The molecule has 1 fully saturated rings. The maximum Gasteiger partial charge on any atom is 0.295 e. The van der Waals surface area contributed by atoms with Gasteiger partial charge < -0.3 is 23.9 Å². The Bertz CT molecular complexity index is 1050. The number of carbonyl (C=O) groups is 2. The topological polar surface area (TPSA) is 89.2 Å². The van der Waals surface area contributed by atoms with Crippen LogP contribution < -0.4 is 4.74 Å². The van der Waals surface area contributed by atoms with Gasteiger partial charge in [-0.2, -0.15) is 0 Å². The number of rotatable bonds is 9. The highest BCUT2D eigenvalue weighted by atomic mass is 16.5. The van der Waals surface area contributed by atoms with E-state index in [0.717, 1.165) is 5.56 Å². The van der Waals surface area contributed by atoms with Gasteiger partial charge >= 0.3 is 0 Å². The highest BCUT2D eigenvalue weighted by Crippen LogP contribution is 2.41. The van der Waals surface area contributed by atoms with Crippen molar-refractivity contribution in [2.24, 2.45) is 0 Å². The van der Waals surface area contributed by atoms with E-state index in [0.29, 0.717) is 42.4 Å². The van der Waals surface area contributed by atoms with Crippen LogP contribution in [0.4, 0.5) is 0 Å². The number of amides is 1. The number of aliphatic hydroxyl groups excluding tert-OH is 1. The lowest BCUT2D eigenvalue weighted by Gasteiger charge is -2.23. The Labute approximate surface area is 195 Å². The molecule has 0 bridgehead atoms. The van der Waals surface area contributed by atoms with E-state index in [-0.39, 0.29) is 23.4 Å². The van der Waals surface area contributed by atoms with Crippen LogP contribution in [-0.2, 0) is 14.3 Å². The van der Waals surface area contributed by atoms with Crippen LogP contribution in [0, 0.1) is 6.92 Å². The summed E-state index contributed by atoms with van der Waals surface area (Å²) in [6, 6.07) is 7.96. The van der Waals surface area contributed by atoms with Gasteiger partial charge in [0.1, 0.15) is 29.1 Å². The number of methoxy groups -OCH3 is 1. The van der Waals surface area contributed by atoms with Crippen molar-refractivity contribution in [3.63, 3.8) is 0 Å². The van der Waals surface area contributed by atoms with E-state index in [1.54, 1.807) is 44.4 Å². The van der Waals surface area contributed by atoms with E-state index in [9.17, 15) is 14.7 Å². The van der Waals surface area contributed by atoms with Crippen LogP contribution in [0.2, 0.25) is 0 Å². The molecule has 1 aliphatic heterocycles. The summed E-state index contributed by atoms with van der Waals surface area (Å²) < 4.78 is 16.8. The number of carbonyl (C=O) groups excluding carboxylic acids is 2. The molecular weight excluding hydrogens is 422 g/mol. The number of aryl methyl sites for hydroxylation is 1. The van der Waals surface area contributed by atoms with E-state index in [1.807, 2.05) is 27.7 Å². The fourth-order valence-electron chi connectivity index (χ4n) is 4.05. The van der Waals surface area contributed by atoms with Gasteiger partial charge in [0, 0.05) is 18.7 Å². The lowest BCUT2D eigenvalue weighted by Crippen LogP contribution is -2.31. The molecule has 1 aromatic heterocycles. The summed E-state index contributed by atoms with van der Waals surface area (Å²) in [6.45, 7) is 10.5. The minimum absolute atomic E-state index is 0.0269. The Morgan fingerprint density at radius 1 is 1.15 bits per heavy atom. The highest BCUT2D eigenvalue weighted by Gasteiger charge is 2.47. The zero-order valence-corrected chi connectivity index (χ0v) is 20.2. The average molecular weight is 456 g/mol. The Morgan fingerprint density at radius 3 is 2.45 bits per heavy atom. The lowest BCUT2D eigenvalue weighted by atomic mass is 9.95. The third kappa shape index (κ3) is 5.14. The molecule has 1 atom stereocenters. The SMILES string of the molecule is COc1ccc(/C(O)=C2/C(=O)C(=O)N(CCCOC(C)C)C2c2ccc(C)o2)cc1C(C)C. The molecule has 3 rings (SSSR count). The summed E-state index contributed by atoms with van der Waals surface area (Å²) in [6.07, 6.45) is 0.635. The van der Waals surface area contributed by atoms with Gasteiger partial charge in [0.2, 0.25) is 0 Å². The molecule has 178 valence electrons. The molecule has 1 aromatic carbocycles. The maximum atomic E-state index is 13.1. The third-order valence-corrected chi connectivity index (χ3v) is 5.69. The van der Waals surface area contributed by atoms with Crippen molar-refractivity contribution in [2.75, 3.05) is 20.3 Å². The second kappa shape index (κ2) is 10.3. The molecule has 0 aliphatic carbocycles. The standard InChI is InChI=1S/C26H33NO6/c1-15(2)19-14-18(9-11-20(19)31-6)24(28)22-23(21-10-8-17(5)33-21)27(26(30)25(22)29)12-7-13-32-16(3)4/h8-11,14-16,23,28H,7,12-13H2,1-6H3/b24-22-. The predicted octanol–water partition coefficient (Wildman–Crippen LogP) is 4.96. The predicted molar refractivity (Wildman–Crippen MR) is 125 cm³/mol. The number of aliphatic hydroxyl groups is 1. The van der Waals surface area contributed by atoms with Gasteiger partial charge in [-0.25, -0.2) is 0 Å². The molecule has 1 unspecified atom stereocenters. The molecule has 7 nitrogen and oxygen atoms in total. The number of likely N-dealkylation sites (tertiary alicyclic amines) is 1. The van der Waals surface area contributed by atoms with Crippen molar-refractivity contribution >= 4 is 17.4 Å². The largest absolute Gasteiger partial charge is 0.507 e. The van der Waals surface area contributed by atoms with Crippen molar-refractivity contribution in [3.8, 4) is 5.75 Å². The Hall–Kier alpha value is -3.06. The van der Waals surface area contributed by atoms with Gasteiger partial charge in [-0.05, 0) is 69.0 Å². The Morgan fingerprint density at radius 2 is 1.88 bits per heavy atom. The smallest absolute Gasteiger partial charge is 0.295 e. The molecule has 1 aliphatic rings. The molecule has 1 saturated heterocycles. The number of nitrogens with zero attached hydrogens (tertiary/aromatic N) is 1. The lowest BCUT2D eigenvalue weighted by molar-refractivity contribution is -0.140. The van der Waals surface area contributed by atoms with Gasteiger partial charge in [0.05, 0.1) is 18.8 Å². The zero-order valence-electron chi connectivity index (χ0n) is 20.2. The molecule has 33 heavy (non-hydrogen) atoms. The van der Waals surface area contributed by atoms with Crippen molar-refractivity contribution in [1.82, 2.24) is 4.90 Å². The van der Waals surface area contributed by atoms with E-state index >= 15 is 0 Å². The van der Waals surface area contributed by atoms with Crippen LogP contribution in [0.25, 0.3) is 5.76 Å². The normalized spacial score (nSPS) is 18.1. The van der Waals surface area contributed by atoms with Crippen LogP contribution in [0.5, 0.6) is 5.75 Å². The van der Waals surface area contributed by atoms with E-state index < -0.39 is 17.7 Å². The van der Waals surface area contributed by atoms with Crippen LogP contribution in [-0.4, -0.2) is 48.1 Å². The summed E-state index contributed by atoms with van der Waals surface area (Å²) in [4.78, 5) is 27.5. The van der Waals surface area contributed by atoms with Crippen molar-refractivity contribution in [3.05, 3.63) is 58.6 Å². The molecule has 0 radical (unpaired) electrons. The van der Waals surface area contributed by atoms with Gasteiger partial charge in [-0.15, -0.1) is 0 Å². The first-order valence-corrected chi connectivity index (χ1v) is 11.3. The number of furan rings is 1. The Kier molecular flexibility index (Phi) is 7.64. The summed E-state index contributed by atoms with van der Waals surface area (Å²) in [5.74, 6) is 0.333. The fraction of sp³-hybridized carbons (Fsp3) is 0.462. The minimum atomic E-state index is -0.803. The monoisotopic (exact) mass is 455 g/mol. The highest BCUT2D eigenvalue weighted by molar-refractivity contribution is 6.46. The first-order valence-electron chi connectivity index (χ1n) is 11.3. The second-order valence-corrected chi connectivity index (χ2v) is 8.83. The number of Topliss-reactive ketones (excluding diaryl/α,β-unsaturated/α-hetero) is 1. The van der Waals surface area contributed by atoms with E-state index in [1.165, 1.54) is 4.90 Å². The summed E-state index contributed by atoms with van der Waals surface area (Å²) in [5.41, 5.74) is 1.37. The molecule has 0 saturated carbocycles. The number of hydrogen-bond acceptors (Lipinski definition) is 6. The second-order valence-electron chi connectivity index (χ2n) is 8.83. The minimum Gasteiger partial charge on any atom is -0.507 e. The van der Waals surface area contributed by atoms with Crippen LogP contribution in [0.15, 0.2) is 40.3 Å². The maximum absolute atomic E-state index is 13.1. The van der Waals surface area contributed by atoms with Crippen LogP contribution >= 0.6 is 0 Å². The van der Waals surface area contributed by atoms with Crippen LogP contribution in [0.3, 0.4) is 0 Å². The van der Waals surface area contributed by atoms with Gasteiger partial charge in [-0.3, -0.25) is 9.59 Å². The van der Waals surface area contributed by atoms with Gasteiger partial charge in [0.15, 0.2) is 0 Å². The van der Waals surface area contributed by atoms with Gasteiger partial charge in [-0.1, -0.05) is 13.8 Å². The van der Waals surface area contributed by atoms with E-state index in [2.05, 4.69) is 0 Å². The number of hydrogen-bond donors (Lipinski definition) is 1. The van der Waals surface area contributed by atoms with E-state index in [4.69, 9.17) is 13.9 Å². The molecule has 7 heteroatoms. The van der Waals surface area contributed by atoms with Crippen molar-refractivity contribution in [2.45, 2.75) is 59.1 Å². The summed E-state index contributed by atoms with van der Waals surface area (Å²) in [5, 5.41) is 11.3. The molecule has 0 spiro atoms. The molecule has 2 aromatic rings. The summed E-state index contributed by atoms with van der Waals surface area (Å²) >= 11 is 0. The van der Waals surface area contributed by atoms with Crippen LogP contribution in [0.1, 0.15) is 68.7 Å². The van der Waals surface area contributed by atoms with Crippen molar-refractivity contribution < 1.29 is 28.6 Å². The third-order valence-electron chi connectivity index (χ3n) is 5.69. The summed E-state index contributed by atoms with van der Waals surface area (Å²) in [7, 11) is 1.59. The average Bonchev–Trinajstić information content (AvgIpc) is 3.31. The van der Waals surface area contributed by atoms with Crippen molar-refractivity contribution in [1.29, 1.82) is 0 Å². The number of ether oxygens (including phenoxy) is 2. The fourth-order valence-corrected chi connectivity index (χ4v) is 4.05. The molecule has 1 amide bonds. The number of benzene rings is 1. The Balaban J connectivity index is 2.06. The number of ketones is 1. The molecule has 2 heterocycles. The molecular formula is C26H33NO6.